The number of carbonyl (C=O) groups is 3. The van der Waals surface area contributed by atoms with Gasteiger partial charge in [-0.3, -0.25) is 14.5 Å². The lowest BCUT2D eigenvalue weighted by Crippen LogP contribution is -2.34. The molecule has 1 aliphatic rings. The highest BCUT2D eigenvalue weighted by Gasteiger charge is 2.31. The van der Waals surface area contributed by atoms with Crippen molar-refractivity contribution in [2.75, 3.05) is 25.1 Å². The second-order valence-electron chi connectivity index (χ2n) is 4.78. The molecule has 1 aromatic rings. The summed E-state index contributed by atoms with van der Waals surface area (Å²) in [5.74, 6) is -2.75. The van der Waals surface area contributed by atoms with Crippen LogP contribution in [0.5, 0.6) is 0 Å². The molecule has 7 nitrogen and oxygen atoms in total. The molecule has 2 N–H and O–H groups in total. The molecule has 0 spiro atoms. The standard InChI is InChI=1S/C16H15FN2O5/c1-2-7-24-16(23)10-3-4-12(11(17)8-10)18-13-9-14(21)19(5-6-20)15(13)22/h2-4,8-9,18,20H,1,5-7H2. The van der Waals surface area contributed by atoms with Crippen LogP contribution < -0.4 is 5.32 Å². The topological polar surface area (TPSA) is 95.9 Å². The number of aliphatic hydroxyl groups is 1. The maximum absolute atomic E-state index is 14.1. The summed E-state index contributed by atoms with van der Waals surface area (Å²) in [6.07, 6.45) is 2.40. The second-order valence-corrected chi connectivity index (χ2v) is 4.78. The minimum Gasteiger partial charge on any atom is -0.458 e. The van der Waals surface area contributed by atoms with Crippen LogP contribution in [0.1, 0.15) is 10.4 Å². The summed E-state index contributed by atoms with van der Waals surface area (Å²) in [5.41, 5.74) is -0.188. The van der Waals surface area contributed by atoms with Gasteiger partial charge < -0.3 is 15.2 Å². The first-order chi connectivity index (χ1) is 11.5. The molecule has 0 aromatic heterocycles. The van der Waals surface area contributed by atoms with Gasteiger partial charge in [-0.05, 0) is 18.2 Å². The summed E-state index contributed by atoms with van der Waals surface area (Å²) in [6, 6.07) is 3.54. The molecular formula is C16H15FN2O5. The summed E-state index contributed by atoms with van der Waals surface area (Å²) in [4.78, 5) is 36.0. The molecule has 8 heteroatoms. The highest BCUT2D eigenvalue weighted by atomic mass is 19.1. The third-order valence-electron chi connectivity index (χ3n) is 3.14. The summed E-state index contributed by atoms with van der Waals surface area (Å²) in [7, 11) is 0. The van der Waals surface area contributed by atoms with Crippen molar-refractivity contribution in [3.8, 4) is 0 Å². The van der Waals surface area contributed by atoms with E-state index in [1.54, 1.807) is 0 Å². The van der Waals surface area contributed by atoms with Gasteiger partial charge in [0.25, 0.3) is 11.8 Å². The predicted molar refractivity (Wildman–Crippen MR) is 82.4 cm³/mol. The van der Waals surface area contributed by atoms with Crippen molar-refractivity contribution >= 4 is 23.5 Å². The van der Waals surface area contributed by atoms with Gasteiger partial charge in [0.1, 0.15) is 18.1 Å². The molecule has 126 valence electrons. The minimum absolute atomic E-state index is 0.00427. The van der Waals surface area contributed by atoms with Gasteiger partial charge in [0.2, 0.25) is 0 Å². The monoisotopic (exact) mass is 334 g/mol. The van der Waals surface area contributed by atoms with E-state index in [0.29, 0.717) is 0 Å². The number of carbonyl (C=O) groups excluding carboxylic acids is 3. The Balaban J connectivity index is 2.13. The zero-order valence-corrected chi connectivity index (χ0v) is 12.6. The Morgan fingerprint density at radius 3 is 2.79 bits per heavy atom. The molecule has 0 aliphatic carbocycles. The van der Waals surface area contributed by atoms with Gasteiger partial charge in [-0.25, -0.2) is 9.18 Å². The van der Waals surface area contributed by atoms with Crippen LogP contribution in [0.15, 0.2) is 42.6 Å². The Kier molecular flexibility index (Phi) is 5.43. The summed E-state index contributed by atoms with van der Waals surface area (Å²) in [6.45, 7) is 2.90. The third-order valence-corrected chi connectivity index (χ3v) is 3.14. The molecule has 1 heterocycles. The van der Waals surface area contributed by atoms with Crippen molar-refractivity contribution in [2.24, 2.45) is 0 Å². The molecule has 1 aliphatic heterocycles. The van der Waals surface area contributed by atoms with E-state index in [-0.39, 0.29) is 36.7 Å². The molecular weight excluding hydrogens is 319 g/mol. The number of nitrogens with one attached hydrogen (secondary N) is 1. The van der Waals surface area contributed by atoms with Crippen LogP contribution in [-0.4, -0.2) is 47.5 Å². The van der Waals surface area contributed by atoms with Crippen molar-refractivity contribution in [2.45, 2.75) is 0 Å². The van der Waals surface area contributed by atoms with Crippen LogP contribution in [0.2, 0.25) is 0 Å². The number of anilines is 1. The Morgan fingerprint density at radius 1 is 1.42 bits per heavy atom. The molecule has 2 amide bonds. The number of nitrogens with zero attached hydrogens (tertiary/aromatic N) is 1. The lowest BCUT2D eigenvalue weighted by Gasteiger charge is -2.13. The zero-order valence-electron chi connectivity index (χ0n) is 12.6. The van der Waals surface area contributed by atoms with Crippen molar-refractivity contribution < 1.29 is 28.6 Å². The van der Waals surface area contributed by atoms with E-state index in [9.17, 15) is 18.8 Å². The Labute approximate surface area is 137 Å². The Hall–Kier alpha value is -3.00. The van der Waals surface area contributed by atoms with Crippen LogP contribution >= 0.6 is 0 Å². The molecule has 0 saturated carbocycles. The molecule has 0 bridgehead atoms. The van der Waals surface area contributed by atoms with Gasteiger partial charge in [0.15, 0.2) is 0 Å². The highest BCUT2D eigenvalue weighted by molar-refractivity contribution is 6.17. The SMILES string of the molecule is C=CCOC(=O)c1ccc(NC2=CC(=O)N(CCO)C2=O)c(F)c1. The fourth-order valence-electron chi connectivity index (χ4n) is 2.02. The van der Waals surface area contributed by atoms with E-state index >= 15 is 0 Å². The summed E-state index contributed by atoms with van der Waals surface area (Å²) in [5, 5.41) is 11.3. The van der Waals surface area contributed by atoms with E-state index < -0.39 is 23.6 Å². The number of hydrogen-bond acceptors (Lipinski definition) is 6. The fraction of sp³-hybridized carbons (Fsp3) is 0.188. The predicted octanol–water partition coefficient (Wildman–Crippen LogP) is 0.825. The van der Waals surface area contributed by atoms with Crippen LogP contribution in [0.3, 0.4) is 0 Å². The zero-order chi connectivity index (χ0) is 17.7. The first kappa shape index (κ1) is 17.4. The van der Waals surface area contributed by atoms with Crippen molar-refractivity contribution in [3.63, 3.8) is 0 Å². The lowest BCUT2D eigenvalue weighted by molar-refractivity contribution is -0.137. The van der Waals surface area contributed by atoms with Gasteiger partial charge in [-0.15, -0.1) is 0 Å². The van der Waals surface area contributed by atoms with Gasteiger partial charge >= 0.3 is 5.97 Å². The summed E-state index contributed by atoms with van der Waals surface area (Å²) >= 11 is 0. The third kappa shape index (κ3) is 3.66. The average molecular weight is 334 g/mol. The quantitative estimate of drug-likeness (QED) is 0.435. The van der Waals surface area contributed by atoms with Crippen molar-refractivity contribution in [3.05, 3.63) is 54.0 Å². The number of amides is 2. The first-order valence-electron chi connectivity index (χ1n) is 7.01. The number of ether oxygens (including phenoxy) is 1. The van der Waals surface area contributed by atoms with Crippen LogP contribution in [0, 0.1) is 5.82 Å². The molecule has 1 aromatic carbocycles. The maximum atomic E-state index is 14.1. The van der Waals surface area contributed by atoms with E-state index in [2.05, 4.69) is 11.9 Å². The van der Waals surface area contributed by atoms with E-state index in [1.165, 1.54) is 18.2 Å². The van der Waals surface area contributed by atoms with Crippen LogP contribution in [0.25, 0.3) is 0 Å². The minimum atomic E-state index is -0.787. The van der Waals surface area contributed by atoms with E-state index in [4.69, 9.17) is 9.84 Å². The van der Waals surface area contributed by atoms with E-state index in [1.807, 2.05) is 0 Å². The smallest absolute Gasteiger partial charge is 0.338 e. The molecule has 0 unspecified atom stereocenters. The Bertz CT molecular complexity index is 729. The number of hydrogen-bond donors (Lipinski definition) is 2. The largest absolute Gasteiger partial charge is 0.458 e. The molecule has 0 saturated heterocycles. The number of rotatable bonds is 7. The Morgan fingerprint density at radius 2 is 2.17 bits per heavy atom. The number of β-amino-alcohol motifs (C(OH)–C–C–N with tert-alkyl or cyclic N) is 1. The van der Waals surface area contributed by atoms with Gasteiger partial charge in [-0.2, -0.15) is 0 Å². The van der Waals surface area contributed by atoms with Crippen LogP contribution in [0.4, 0.5) is 10.1 Å². The average Bonchev–Trinajstić information content (AvgIpc) is 2.82. The number of benzene rings is 1. The van der Waals surface area contributed by atoms with Gasteiger partial charge in [-0.1, -0.05) is 12.7 Å². The molecule has 2 rings (SSSR count). The normalized spacial score (nSPS) is 13.8. The maximum Gasteiger partial charge on any atom is 0.338 e. The number of imide groups is 1. The van der Waals surface area contributed by atoms with E-state index in [0.717, 1.165) is 17.0 Å². The first-order valence-corrected chi connectivity index (χ1v) is 7.01. The second kappa shape index (κ2) is 7.51. The highest BCUT2D eigenvalue weighted by Crippen LogP contribution is 2.21. The molecule has 0 radical (unpaired) electrons. The number of aliphatic hydroxyl groups excluding tert-OH is 1. The molecule has 0 fully saturated rings. The molecule has 24 heavy (non-hydrogen) atoms. The van der Waals surface area contributed by atoms with Gasteiger partial charge in [0, 0.05) is 6.08 Å². The molecule has 0 atom stereocenters. The van der Waals surface area contributed by atoms with Crippen LogP contribution in [-0.2, 0) is 14.3 Å². The van der Waals surface area contributed by atoms with Crippen molar-refractivity contribution in [1.82, 2.24) is 4.90 Å². The summed E-state index contributed by atoms with van der Waals surface area (Å²) < 4.78 is 18.9. The van der Waals surface area contributed by atoms with Crippen molar-refractivity contribution in [1.29, 1.82) is 0 Å². The lowest BCUT2D eigenvalue weighted by atomic mass is 10.2. The fourth-order valence-corrected chi connectivity index (χ4v) is 2.02. The number of halogens is 1. The number of esters is 1. The van der Waals surface area contributed by atoms with Gasteiger partial charge in [0.05, 0.1) is 24.4 Å².